The number of carbonyl (C=O) groups is 2. The van der Waals surface area contributed by atoms with Gasteiger partial charge in [-0.15, -0.1) is 0 Å². The monoisotopic (exact) mass is 493 g/mol. The summed E-state index contributed by atoms with van der Waals surface area (Å²) in [6.07, 6.45) is 0. The van der Waals surface area contributed by atoms with Gasteiger partial charge in [-0.3, -0.25) is 14.5 Å². The van der Waals surface area contributed by atoms with Gasteiger partial charge in [-0.25, -0.2) is 0 Å². The van der Waals surface area contributed by atoms with Crippen LogP contribution in [-0.2, 0) is 9.59 Å². The average molecular weight is 494 g/mol. The van der Waals surface area contributed by atoms with E-state index in [4.69, 9.17) is 21.1 Å². The smallest absolute Gasteiger partial charge is 0.300 e. The van der Waals surface area contributed by atoms with E-state index in [-0.39, 0.29) is 21.9 Å². The molecule has 35 heavy (non-hydrogen) atoms. The number of halogens is 1. The van der Waals surface area contributed by atoms with Crippen LogP contribution < -0.4 is 14.4 Å². The molecule has 0 radical (unpaired) electrons. The molecule has 3 aromatic carbocycles. The van der Waals surface area contributed by atoms with Crippen molar-refractivity contribution in [1.82, 2.24) is 0 Å². The van der Waals surface area contributed by atoms with Crippen LogP contribution in [0.5, 0.6) is 17.2 Å². The largest absolute Gasteiger partial charge is 0.507 e. The lowest BCUT2D eigenvalue weighted by Gasteiger charge is -2.26. The van der Waals surface area contributed by atoms with E-state index in [1.165, 1.54) is 37.3 Å². The summed E-state index contributed by atoms with van der Waals surface area (Å²) in [7, 11) is 2.91. The van der Waals surface area contributed by atoms with E-state index in [0.29, 0.717) is 22.7 Å². The first-order chi connectivity index (χ1) is 16.7. The minimum Gasteiger partial charge on any atom is -0.507 e. The van der Waals surface area contributed by atoms with Crippen LogP contribution in [0.3, 0.4) is 0 Å². The Balaban J connectivity index is 2.02. The summed E-state index contributed by atoms with van der Waals surface area (Å²) in [4.78, 5) is 28.1. The standard InChI is InChI=1S/C27H24ClNO6/c1-14-9-15(2)11-17(10-14)29-24(16-5-7-21(30)20(28)12-16)23(26(32)27(29)33)25(31)19-13-18(34-3)6-8-22(19)35-4/h5-13,24,30-31H,1-4H3/b25-23+. The number of ether oxygens (including phenoxy) is 2. The Kier molecular flexibility index (Phi) is 6.45. The molecular formula is C27H24ClNO6. The lowest BCUT2D eigenvalue weighted by molar-refractivity contribution is -0.132. The summed E-state index contributed by atoms with van der Waals surface area (Å²) in [5.41, 5.74) is 2.80. The van der Waals surface area contributed by atoms with Crippen LogP contribution in [0.15, 0.2) is 60.2 Å². The minimum absolute atomic E-state index is 0.0486. The fourth-order valence-corrected chi connectivity index (χ4v) is 4.53. The van der Waals surface area contributed by atoms with E-state index >= 15 is 0 Å². The quantitative estimate of drug-likeness (QED) is 0.284. The third kappa shape index (κ3) is 4.31. The summed E-state index contributed by atoms with van der Waals surface area (Å²) in [5, 5.41) is 21.4. The van der Waals surface area contributed by atoms with E-state index in [2.05, 4.69) is 0 Å². The number of aliphatic hydroxyl groups excluding tert-OH is 1. The van der Waals surface area contributed by atoms with Crippen molar-refractivity contribution in [3.63, 3.8) is 0 Å². The predicted molar refractivity (Wildman–Crippen MR) is 133 cm³/mol. The number of hydrogen-bond donors (Lipinski definition) is 2. The van der Waals surface area contributed by atoms with Crippen molar-refractivity contribution in [3.05, 3.63) is 87.4 Å². The van der Waals surface area contributed by atoms with Crippen molar-refractivity contribution in [2.75, 3.05) is 19.1 Å². The number of phenols is 1. The zero-order valence-corrected chi connectivity index (χ0v) is 20.4. The molecule has 1 aliphatic rings. The maximum Gasteiger partial charge on any atom is 0.300 e. The highest BCUT2D eigenvalue weighted by Crippen LogP contribution is 2.45. The number of Topliss-reactive ketones (excluding diaryl/α,β-unsaturated/α-hetero) is 1. The van der Waals surface area contributed by atoms with Crippen molar-refractivity contribution in [2.24, 2.45) is 0 Å². The molecule has 1 atom stereocenters. The van der Waals surface area contributed by atoms with Gasteiger partial charge in [0.2, 0.25) is 0 Å². The lowest BCUT2D eigenvalue weighted by Crippen LogP contribution is -2.29. The number of ketones is 1. The van der Waals surface area contributed by atoms with Gasteiger partial charge < -0.3 is 19.7 Å². The van der Waals surface area contributed by atoms with E-state index in [0.717, 1.165) is 11.1 Å². The number of carbonyl (C=O) groups excluding carboxylic acids is 2. The highest BCUT2D eigenvalue weighted by atomic mass is 35.5. The van der Waals surface area contributed by atoms with Gasteiger partial charge in [-0.05, 0) is 73.0 Å². The summed E-state index contributed by atoms with van der Waals surface area (Å²) < 4.78 is 10.7. The molecule has 0 bridgehead atoms. The molecule has 0 aromatic heterocycles. The number of aryl methyl sites for hydroxylation is 2. The molecule has 180 valence electrons. The number of benzene rings is 3. The number of amides is 1. The first-order valence-electron chi connectivity index (χ1n) is 10.8. The Morgan fingerprint density at radius 2 is 1.63 bits per heavy atom. The van der Waals surface area contributed by atoms with Gasteiger partial charge in [-0.2, -0.15) is 0 Å². The molecule has 2 N–H and O–H groups in total. The predicted octanol–water partition coefficient (Wildman–Crippen LogP) is 5.31. The molecule has 1 saturated heterocycles. The van der Waals surface area contributed by atoms with Gasteiger partial charge in [0, 0.05) is 5.69 Å². The molecule has 1 fully saturated rings. The van der Waals surface area contributed by atoms with Gasteiger partial charge in [-0.1, -0.05) is 23.7 Å². The Bertz CT molecular complexity index is 1360. The number of aliphatic hydroxyl groups is 1. The highest BCUT2D eigenvalue weighted by Gasteiger charge is 2.47. The Morgan fingerprint density at radius 3 is 2.23 bits per heavy atom. The Hall–Kier alpha value is -3.97. The number of methoxy groups -OCH3 is 2. The van der Waals surface area contributed by atoms with Gasteiger partial charge >= 0.3 is 0 Å². The van der Waals surface area contributed by atoms with E-state index < -0.39 is 23.5 Å². The summed E-state index contributed by atoms with van der Waals surface area (Å²) in [5.74, 6) is -1.50. The van der Waals surface area contributed by atoms with Crippen LogP contribution in [0, 0.1) is 13.8 Å². The van der Waals surface area contributed by atoms with Crippen LogP contribution in [0.4, 0.5) is 5.69 Å². The molecular weight excluding hydrogens is 470 g/mol. The summed E-state index contributed by atoms with van der Waals surface area (Å²) >= 11 is 6.19. The van der Waals surface area contributed by atoms with Crippen molar-refractivity contribution in [1.29, 1.82) is 0 Å². The third-order valence-electron chi connectivity index (χ3n) is 5.88. The first-order valence-corrected chi connectivity index (χ1v) is 11.1. The molecule has 3 aromatic rings. The van der Waals surface area contributed by atoms with Gasteiger partial charge in [0.05, 0.1) is 36.4 Å². The number of anilines is 1. The van der Waals surface area contributed by atoms with Gasteiger partial charge in [0.1, 0.15) is 23.0 Å². The second-order valence-corrected chi connectivity index (χ2v) is 8.70. The van der Waals surface area contributed by atoms with Crippen LogP contribution in [0.1, 0.15) is 28.3 Å². The number of nitrogens with zero attached hydrogens (tertiary/aromatic N) is 1. The fraction of sp³-hybridized carbons (Fsp3) is 0.185. The molecule has 1 aliphatic heterocycles. The maximum absolute atomic E-state index is 13.4. The third-order valence-corrected chi connectivity index (χ3v) is 6.18. The van der Waals surface area contributed by atoms with Gasteiger partial charge in [0.15, 0.2) is 0 Å². The molecule has 0 saturated carbocycles. The van der Waals surface area contributed by atoms with Crippen LogP contribution in [0.25, 0.3) is 5.76 Å². The lowest BCUT2D eigenvalue weighted by atomic mass is 9.94. The summed E-state index contributed by atoms with van der Waals surface area (Å²) in [6, 6.07) is 13.7. The van der Waals surface area contributed by atoms with Crippen molar-refractivity contribution >= 4 is 34.7 Å². The zero-order valence-electron chi connectivity index (χ0n) is 19.6. The molecule has 1 unspecified atom stereocenters. The molecule has 0 spiro atoms. The number of hydrogen-bond acceptors (Lipinski definition) is 6. The SMILES string of the molecule is COc1ccc(OC)c(/C(O)=C2\C(=O)C(=O)N(c3cc(C)cc(C)c3)C2c2ccc(O)c(Cl)c2)c1. The van der Waals surface area contributed by atoms with E-state index in [9.17, 15) is 19.8 Å². The first kappa shape index (κ1) is 24.2. The second-order valence-electron chi connectivity index (χ2n) is 8.29. The van der Waals surface area contributed by atoms with Crippen molar-refractivity contribution in [2.45, 2.75) is 19.9 Å². The van der Waals surface area contributed by atoms with Gasteiger partial charge in [0.25, 0.3) is 11.7 Å². The van der Waals surface area contributed by atoms with E-state index in [1.54, 1.807) is 30.3 Å². The molecule has 0 aliphatic carbocycles. The topological polar surface area (TPSA) is 96.3 Å². The van der Waals surface area contributed by atoms with Crippen LogP contribution in [-0.4, -0.2) is 36.1 Å². The number of phenolic OH excluding ortho intramolecular Hbond substituents is 1. The fourth-order valence-electron chi connectivity index (χ4n) is 4.34. The molecule has 1 heterocycles. The maximum atomic E-state index is 13.4. The second kappa shape index (κ2) is 9.35. The number of aromatic hydroxyl groups is 1. The van der Waals surface area contributed by atoms with Crippen molar-refractivity contribution in [3.8, 4) is 17.2 Å². The summed E-state index contributed by atoms with van der Waals surface area (Å²) in [6.45, 7) is 3.78. The highest BCUT2D eigenvalue weighted by molar-refractivity contribution is 6.51. The molecule has 1 amide bonds. The van der Waals surface area contributed by atoms with Crippen molar-refractivity contribution < 1.29 is 29.3 Å². The molecule has 7 nitrogen and oxygen atoms in total. The normalized spacial score (nSPS) is 17.1. The molecule has 4 rings (SSSR count). The average Bonchev–Trinajstić information content (AvgIpc) is 3.09. The Morgan fingerprint density at radius 1 is 0.943 bits per heavy atom. The van der Waals surface area contributed by atoms with Crippen LogP contribution >= 0.6 is 11.6 Å². The number of rotatable bonds is 5. The van der Waals surface area contributed by atoms with E-state index in [1.807, 2.05) is 19.9 Å². The zero-order chi connectivity index (χ0) is 25.4. The molecule has 8 heteroatoms. The Labute approximate surface area is 207 Å². The minimum atomic E-state index is -1.01. The van der Waals surface area contributed by atoms with Crippen LogP contribution in [0.2, 0.25) is 5.02 Å².